The molecule has 126 valence electrons. The predicted molar refractivity (Wildman–Crippen MR) is 91.7 cm³/mol. The number of rotatable bonds is 6. The zero-order chi connectivity index (χ0) is 17.7. The number of carbonyl (C=O) groups excluding carboxylic acids is 2. The minimum Gasteiger partial charge on any atom is -0.355 e. The normalized spacial score (nSPS) is 11.6. The third-order valence-electron chi connectivity index (χ3n) is 3.60. The van der Waals surface area contributed by atoms with Gasteiger partial charge in [-0.1, -0.05) is 23.3 Å². The van der Waals surface area contributed by atoms with E-state index < -0.39 is 0 Å². The molecule has 1 unspecified atom stereocenters. The fourth-order valence-electron chi connectivity index (χ4n) is 1.96. The summed E-state index contributed by atoms with van der Waals surface area (Å²) < 4.78 is 5.23. The van der Waals surface area contributed by atoms with Crippen molar-refractivity contribution in [3.05, 3.63) is 53.7 Å². The van der Waals surface area contributed by atoms with Crippen LogP contribution in [-0.4, -0.2) is 41.5 Å². The van der Waals surface area contributed by atoms with Crippen LogP contribution in [0.1, 0.15) is 17.4 Å². The molecule has 0 fully saturated rings. The fourth-order valence-corrected chi connectivity index (χ4v) is 2.09. The van der Waals surface area contributed by atoms with Gasteiger partial charge in [0.15, 0.2) is 11.5 Å². The van der Waals surface area contributed by atoms with Gasteiger partial charge in [0.25, 0.3) is 5.91 Å². The molecule has 7 heteroatoms. The van der Waals surface area contributed by atoms with Crippen molar-refractivity contribution in [1.82, 2.24) is 15.4 Å². The van der Waals surface area contributed by atoms with E-state index in [1.165, 1.54) is 11.0 Å². The van der Waals surface area contributed by atoms with Crippen molar-refractivity contribution in [1.29, 1.82) is 0 Å². The minimum atomic E-state index is -0.292. The predicted octanol–water partition coefficient (Wildman–Crippen LogP) is 2.76. The number of amides is 2. The monoisotopic (exact) mass is 347 g/mol. The number of likely N-dealkylation sites (N-methyl/N-ethyl adjacent to an activating group) is 1. The number of halogens is 1. The van der Waals surface area contributed by atoms with Crippen LogP contribution in [0.5, 0.6) is 0 Å². The zero-order valence-electron chi connectivity index (χ0n) is 13.5. The molecule has 0 saturated heterocycles. The molecule has 1 aromatic carbocycles. The highest BCUT2D eigenvalue weighted by molar-refractivity contribution is 6.30. The lowest BCUT2D eigenvalue weighted by atomic mass is 10.1. The maximum atomic E-state index is 12.4. The molecular formula is C17H18ClN3O3. The molecule has 6 nitrogen and oxygen atoms in total. The molecule has 0 bridgehead atoms. The molecule has 24 heavy (non-hydrogen) atoms. The molecule has 1 N–H and O–H groups in total. The molecule has 2 rings (SSSR count). The van der Waals surface area contributed by atoms with Crippen molar-refractivity contribution >= 4 is 23.4 Å². The van der Waals surface area contributed by atoms with Crippen LogP contribution >= 0.6 is 11.6 Å². The summed E-state index contributed by atoms with van der Waals surface area (Å²) in [7, 11) is 1.64. The first-order valence-electron chi connectivity index (χ1n) is 7.32. The molecule has 0 aliphatic rings. The van der Waals surface area contributed by atoms with E-state index in [4.69, 9.17) is 16.1 Å². The van der Waals surface area contributed by atoms with E-state index in [1.807, 2.05) is 6.92 Å². The van der Waals surface area contributed by atoms with Crippen LogP contribution in [0.15, 0.2) is 47.5 Å². The van der Waals surface area contributed by atoms with E-state index in [1.54, 1.807) is 37.4 Å². The third kappa shape index (κ3) is 4.23. The standard InChI is InChI=1S/C17H18ClN3O3/c1-4-16(22)19-10-11(2)21(3)17(23)14-9-15(24-20-14)12-5-7-13(18)8-6-12/h4-9,11H,1,10H2,2-3H3,(H,19,22). The number of hydrogen-bond acceptors (Lipinski definition) is 4. The summed E-state index contributed by atoms with van der Waals surface area (Å²) in [4.78, 5) is 25.1. The quantitative estimate of drug-likeness (QED) is 0.815. The lowest BCUT2D eigenvalue weighted by molar-refractivity contribution is -0.116. The van der Waals surface area contributed by atoms with Crippen molar-refractivity contribution in [2.24, 2.45) is 0 Å². The van der Waals surface area contributed by atoms with Gasteiger partial charge in [-0.2, -0.15) is 0 Å². The van der Waals surface area contributed by atoms with Crippen molar-refractivity contribution in [3.8, 4) is 11.3 Å². The molecule has 2 amide bonds. The number of nitrogens with one attached hydrogen (secondary N) is 1. The number of hydrogen-bond donors (Lipinski definition) is 1. The van der Waals surface area contributed by atoms with Gasteiger partial charge in [-0.25, -0.2) is 0 Å². The number of carbonyl (C=O) groups is 2. The Morgan fingerprint density at radius 2 is 2.08 bits per heavy atom. The molecule has 1 heterocycles. The van der Waals surface area contributed by atoms with Gasteiger partial charge in [-0.3, -0.25) is 9.59 Å². The van der Waals surface area contributed by atoms with E-state index in [0.29, 0.717) is 17.3 Å². The maximum Gasteiger partial charge on any atom is 0.276 e. The zero-order valence-corrected chi connectivity index (χ0v) is 14.2. The molecule has 1 atom stereocenters. The van der Waals surface area contributed by atoms with Crippen LogP contribution in [0.25, 0.3) is 11.3 Å². The average molecular weight is 348 g/mol. The second-order valence-electron chi connectivity index (χ2n) is 5.30. The molecule has 0 aliphatic heterocycles. The largest absolute Gasteiger partial charge is 0.355 e. The Bertz CT molecular complexity index is 740. The SMILES string of the molecule is C=CC(=O)NCC(C)N(C)C(=O)c1cc(-c2ccc(Cl)cc2)on1. The summed E-state index contributed by atoms with van der Waals surface area (Å²) in [5, 5.41) is 7.09. The van der Waals surface area contributed by atoms with E-state index in [9.17, 15) is 9.59 Å². The van der Waals surface area contributed by atoms with E-state index in [-0.39, 0.29) is 23.6 Å². The molecule has 0 aliphatic carbocycles. The summed E-state index contributed by atoms with van der Waals surface area (Å²) in [5.41, 5.74) is 0.976. The maximum absolute atomic E-state index is 12.4. The van der Waals surface area contributed by atoms with Crippen LogP contribution < -0.4 is 5.32 Å². The van der Waals surface area contributed by atoms with Gasteiger partial charge in [-0.15, -0.1) is 0 Å². The van der Waals surface area contributed by atoms with E-state index in [2.05, 4.69) is 17.1 Å². The summed E-state index contributed by atoms with van der Waals surface area (Å²) in [6.07, 6.45) is 1.19. The Morgan fingerprint density at radius 1 is 1.42 bits per heavy atom. The summed E-state index contributed by atoms with van der Waals surface area (Å²) >= 11 is 5.85. The van der Waals surface area contributed by atoms with Crippen molar-refractivity contribution in [2.75, 3.05) is 13.6 Å². The lowest BCUT2D eigenvalue weighted by Crippen LogP contribution is -2.42. The highest BCUT2D eigenvalue weighted by Crippen LogP contribution is 2.22. The average Bonchev–Trinajstić information content (AvgIpc) is 3.08. The van der Waals surface area contributed by atoms with Gasteiger partial charge in [0.1, 0.15) is 0 Å². The summed E-state index contributed by atoms with van der Waals surface area (Å²) in [5.74, 6) is -0.0931. The van der Waals surface area contributed by atoms with Gasteiger partial charge in [-0.05, 0) is 37.3 Å². The van der Waals surface area contributed by atoms with Gasteiger partial charge >= 0.3 is 0 Å². The first-order valence-corrected chi connectivity index (χ1v) is 7.70. The first kappa shape index (κ1) is 17.7. The Labute approximate surface area is 145 Å². The van der Waals surface area contributed by atoms with Crippen molar-refractivity contribution in [3.63, 3.8) is 0 Å². The first-order chi connectivity index (χ1) is 11.4. The highest BCUT2D eigenvalue weighted by Gasteiger charge is 2.21. The van der Waals surface area contributed by atoms with Crippen molar-refractivity contribution in [2.45, 2.75) is 13.0 Å². The lowest BCUT2D eigenvalue weighted by Gasteiger charge is -2.24. The second kappa shape index (κ2) is 7.79. The van der Waals surface area contributed by atoms with Crippen LogP contribution in [0, 0.1) is 0 Å². The second-order valence-corrected chi connectivity index (χ2v) is 5.73. The van der Waals surface area contributed by atoms with Crippen LogP contribution in [-0.2, 0) is 4.79 Å². The smallest absolute Gasteiger partial charge is 0.276 e. The van der Waals surface area contributed by atoms with Crippen LogP contribution in [0.4, 0.5) is 0 Å². The minimum absolute atomic E-state index is 0.198. The Hall–Kier alpha value is -2.60. The van der Waals surface area contributed by atoms with Crippen LogP contribution in [0.2, 0.25) is 5.02 Å². The molecule has 2 aromatic rings. The van der Waals surface area contributed by atoms with Gasteiger partial charge in [0.05, 0.1) is 0 Å². The number of aromatic nitrogens is 1. The summed E-state index contributed by atoms with van der Waals surface area (Å²) in [6, 6.07) is 8.41. The summed E-state index contributed by atoms with van der Waals surface area (Å²) in [6.45, 7) is 5.52. The van der Waals surface area contributed by atoms with E-state index >= 15 is 0 Å². The van der Waals surface area contributed by atoms with Gasteiger partial charge < -0.3 is 14.7 Å². The topological polar surface area (TPSA) is 75.4 Å². The Kier molecular flexibility index (Phi) is 5.76. The van der Waals surface area contributed by atoms with Gasteiger partial charge in [0, 0.05) is 36.3 Å². The third-order valence-corrected chi connectivity index (χ3v) is 3.85. The molecule has 0 radical (unpaired) electrons. The van der Waals surface area contributed by atoms with E-state index in [0.717, 1.165) is 5.56 Å². The Morgan fingerprint density at radius 3 is 2.71 bits per heavy atom. The molecule has 1 aromatic heterocycles. The Balaban J connectivity index is 2.05. The molecule has 0 spiro atoms. The molecule has 0 saturated carbocycles. The molecular weight excluding hydrogens is 330 g/mol. The fraction of sp³-hybridized carbons (Fsp3) is 0.235. The highest BCUT2D eigenvalue weighted by atomic mass is 35.5. The number of nitrogens with zero attached hydrogens (tertiary/aromatic N) is 2. The number of benzene rings is 1. The van der Waals surface area contributed by atoms with Gasteiger partial charge in [0.2, 0.25) is 5.91 Å². The van der Waals surface area contributed by atoms with Crippen molar-refractivity contribution < 1.29 is 14.1 Å². The van der Waals surface area contributed by atoms with Crippen LogP contribution in [0.3, 0.4) is 0 Å².